The third-order valence-electron chi connectivity index (χ3n) is 3.11. The Hall–Kier alpha value is -2.00. The lowest BCUT2D eigenvalue weighted by molar-refractivity contribution is 0.620. The van der Waals surface area contributed by atoms with Crippen LogP contribution in [-0.2, 0) is 0 Å². The smallest absolute Gasteiger partial charge is 0.229 e. The van der Waals surface area contributed by atoms with Crippen molar-refractivity contribution in [1.82, 2.24) is 4.98 Å². The average Bonchev–Trinajstić information content (AvgIpc) is 2.76. The van der Waals surface area contributed by atoms with Crippen molar-refractivity contribution < 1.29 is 4.42 Å². The van der Waals surface area contributed by atoms with Gasteiger partial charge in [0, 0.05) is 10.7 Å². The van der Waals surface area contributed by atoms with E-state index < -0.39 is 0 Å². The molecule has 1 aromatic heterocycles. The van der Waals surface area contributed by atoms with Crippen LogP contribution < -0.4 is 5.73 Å². The molecule has 0 fully saturated rings. The Balaban J connectivity index is 2.24. The number of oxazole rings is 1. The average molecular weight is 273 g/mol. The van der Waals surface area contributed by atoms with E-state index in [4.69, 9.17) is 21.8 Å². The number of nitrogens with zero attached hydrogens (tertiary/aromatic N) is 1. The molecular formula is C15H13ClN2O. The van der Waals surface area contributed by atoms with Crippen LogP contribution in [0.1, 0.15) is 11.1 Å². The van der Waals surface area contributed by atoms with Gasteiger partial charge in [0.05, 0.1) is 5.56 Å². The second-order valence-electron chi connectivity index (χ2n) is 4.67. The molecule has 96 valence electrons. The van der Waals surface area contributed by atoms with Gasteiger partial charge in [-0.25, -0.2) is 4.98 Å². The first kappa shape index (κ1) is 12.1. The highest BCUT2D eigenvalue weighted by Gasteiger charge is 2.13. The van der Waals surface area contributed by atoms with Crippen molar-refractivity contribution in [2.75, 3.05) is 5.73 Å². The van der Waals surface area contributed by atoms with E-state index in [1.54, 1.807) is 12.1 Å². The SMILES string of the molecule is Cc1cc(C)c(N)c(-c2nc3cc(Cl)ccc3o2)c1. The quantitative estimate of drug-likeness (QED) is 0.670. The minimum Gasteiger partial charge on any atom is -0.436 e. The number of aromatic nitrogens is 1. The van der Waals surface area contributed by atoms with E-state index in [-0.39, 0.29) is 0 Å². The molecule has 0 unspecified atom stereocenters. The summed E-state index contributed by atoms with van der Waals surface area (Å²) < 4.78 is 5.75. The normalized spacial score (nSPS) is 11.1. The summed E-state index contributed by atoms with van der Waals surface area (Å²) >= 11 is 5.95. The zero-order chi connectivity index (χ0) is 13.6. The molecule has 3 rings (SSSR count). The molecule has 0 aliphatic heterocycles. The van der Waals surface area contributed by atoms with Gasteiger partial charge in [0.25, 0.3) is 0 Å². The van der Waals surface area contributed by atoms with Crippen LogP contribution in [0.25, 0.3) is 22.6 Å². The minimum atomic E-state index is 0.529. The summed E-state index contributed by atoms with van der Waals surface area (Å²) in [5, 5.41) is 0.640. The molecule has 0 spiro atoms. The maximum atomic E-state index is 6.11. The topological polar surface area (TPSA) is 52.0 Å². The Labute approximate surface area is 116 Å². The van der Waals surface area contributed by atoms with Crippen LogP contribution in [0.5, 0.6) is 0 Å². The molecule has 3 aromatic rings. The number of fused-ring (bicyclic) bond motifs is 1. The molecule has 0 atom stereocenters. The lowest BCUT2D eigenvalue weighted by atomic mass is 10.0. The second-order valence-corrected chi connectivity index (χ2v) is 5.11. The standard InChI is InChI=1S/C15H13ClN2O/c1-8-5-9(2)14(17)11(6-8)15-18-12-7-10(16)3-4-13(12)19-15/h3-7H,17H2,1-2H3. The summed E-state index contributed by atoms with van der Waals surface area (Å²) in [6, 6.07) is 9.40. The predicted octanol–water partition coefficient (Wildman–Crippen LogP) is 4.35. The van der Waals surface area contributed by atoms with Crippen molar-refractivity contribution in [2.24, 2.45) is 0 Å². The molecule has 19 heavy (non-hydrogen) atoms. The van der Waals surface area contributed by atoms with Crippen LogP contribution in [0.3, 0.4) is 0 Å². The van der Waals surface area contributed by atoms with Gasteiger partial charge in [-0.05, 0) is 49.2 Å². The van der Waals surface area contributed by atoms with Crippen molar-refractivity contribution in [1.29, 1.82) is 0 Å². The Morgan fingerprint density at radius 2 is 1.95 bits per heavy atom. The summed E-state index contributed by atoms with van der Waals surface area (Å²) in [5.41, 5.74) is 11.2. The third-order valence-corrected chi connectivity index (χ3v) is 3.35. The summed E-state index contributed by atoms with van der Waals surface area (Å²) in [6.45, 7) is 4.00. The largest absolute Gasteiger partial charge is 0.436 e. The molecule has 3 nitrogen and oxygen atoms in total. The molecule has 2 N–H and O–H groups in total. The predicted molar refractivity (Wildman–Crippen MR) is 78.3 cm³/mol. The van der Waals surface area contributed by atoms with E-state index in [0.29, 0.717) is 22.2 Å². The van der Waals surface area contributed by atoms with Crippen molar-refractivity contribution >= 4 is 28.4 Å². The molecule has 2 aromatic carbocycles. The number of anilines is 1. The van der Waals surface area contributed by atoms with Crippen LogP contribution in [-0.4, -0.2) is 4.98 Å². The monoisotopic (exact) mass is 272 g/mol. The fourth-order valence-electron chi connectivity index (χ4n) is 2.17. The Morgan fingerprint density at radius 3 is 2.74 bits per heavy atom. The minimum absolute atomic E-state index is 0.529. The summed E-state index contributed by atoms with van der Waals surface area (Å²) in [4.78, 5) is 4.46. The number of benzene rings is 2. The number of hydrogen-bond donors (Lipinski definition) is 1. The first-order valence-electron chi connectivity index (χ1n) is 5.98. The first-order valence-corrected chi connectivity index (χ1v) is 6.35. The van der Waals surface area contributed by atoms with Crippen LogP contribution in [0.15, 0.2) is 34.7 Å². The van der Waals surface area contributed by atoms with Crippen molar-refractivity contribution in [2.45, 2.75) is 13.8 Å². The van der Waals surface area contributed by atoms with Crippen molar-refractivity contribution in [3.63, 3.8) is 0 Å². The lowest BCUT2D eigenvalue weighted by Crippen LogP contribution is -1.95. The van der Waals surface area contributed by atoms with Gasteiger partial charge < -0.3 is 10.2 Å². The number of halogens is 1. The molecule has 0 bridgehead atoms. The van der Waals surface area contributed by atoms with Gasteiger partial charge in [-0.3, -0.25) is 0 Å². The van der Waals surface area contributed by atoms with Gasteiger partial charge in [-0.1, -0.05) is 17.7 Å². The number of nitrogens with two attached hydrogens (primary N) is 1. The maximum Gasteiger partial charge on any atom is 0.229 e. The number of hydrogen-bond acceptors (Lipinski definition) is 3. The van der Waals surface area contributed by atoms with Gasteiger partial charge in [0.15, 0.2) is 5.58 Å². The van der Waals surface area contributed by atoms with Gasteiger partial charge in [-0.2, -0.15) is 0 Å². The van der Waals surface area contributed by atoms with Gasteiger partial charge in [0.1, 0.15) is 5.52 Å². The molecule has 4 heteroatoms. The lowest BCUT2D eigenvalue weighted by Gasteiger charge is -2.06. The van der Waals surface area contributed by atoms with E-state index in [1.165, 1.54) is 0 Å². The van der Waals surface area contributed by atoms with Crippen LogP contribution in [0, 0.1) is 13.8 Å². The van der Waals surface area contributed by atoms with Crippen molar-refractivity contribution in [3.8, 4) is 11.5 Å². The molecular weight excluding hydrogens is 260 g/mol. The zero-order valence-electron chi connectivity index (χ0n) is 10.7. The number of aryl methyl sites for hydroxylation is 2. The van der Waals surface area contributed by atoms with E-state index in [9.17, 15) is 0 Å². The maximum absolute atomic E-state index is 6.11. The molecule has 0 saturated heterocycles. The highest BCUT2D eigenvalue weighted by molar-refractivity contribution is 6.31. The Bertz CT molecular complexity index is 777. The number of nitrogen functional groups attached to an aromatic ring is 1. The van der Waals surface area contributed by atoms with Crippen LogP contribution >= 0.6 is 11.6 Å². The molecule has 0 aliphatic carbocycles. The Kier molecular flexibility index (Phi) is 2.72. The van der Waals surface area contributed by atoms with E-state index in [0.717, 1.165) is 22.2 Å². The van der Waals surface area contributed by atoms with Crippen LogP contribution in [0.4, 0.5) is 5.69 Å². The summed E-state index contributed by atoms with van der Waals surface area (Å²) in [7, 11) is 0. The Morgan fingerprint density at radius 1 is 1.16 bits per heavy atom. The molecule has 0 amide bonds. The second kappa shape index (κ2) is 4.28. The highest BCUT2D eigenvalue weighted by atomic mass is 35.5. The van der Waals surface area contributed by atoms with Crippen molar-refractivity contribution in [3.05, 3.63) is 46.5 Å². The molecule has 0 aliphatic rings. The van der Waals surface area contributed by atoms with Gasteiger partial charge >= 0.3 is 0 Å². The fraction of sp³-hybridized carbons (Fsp3) is 0.133. The van der Waals surface area contributed by atoms with E-state index in [2.05, 4.69) is 4.98 Å². The number of rotatable bonds is 1. The zero-order valence-corrected chi connectivity index (χ0v) is 11.5. The van der Waals surface area contributed by atoms with Crippen LogP contribution in [0.2, 0.25) is 5.02 Å². The van der Waals surface area contributed by atoms with Gasteiger partial charge in [0.2, 0.25) is 5.89 Å². The third kappa shape index (κ3) is 2.06. The highest BCUT2D eigenvalue weighted by Crippen LogP contribution is 2.32. The van der Waals surface area contributed by atoms with E-state index in [1.807, 2.05) is 32.0 Å². The first-order chi connectivity index (χ1) is 9.04. The molecule has 1 heterocycles. The molecule has 0 saturated carbocycles. The van der Waals surface area contributed by atoms with Gasteiger partial charge in [-0.15, -0.1) is 0 Å². The molecule has 0 radical (unpaired) electrons. The van der Waals surface area contributed by atoms with E-state index >= 15 is 0 Å². The fourth-order valence-corrected chi connectivity index (χ4v) is 2.34. The summed E-state index contributed by atoms with van der Waals surface area (Å²) in [6.07, 6.45) is 0. The summed E-state index contributed by atoms with van der Waals surface area (Å²) in [5.74, 6) is 0.529.